The maximum atomic E-state index is 9.40. The van der Waals surface area contributed by atoms with Gasteiger partial charge in [0.05, 0.1) is 12.3 Å². The summed E-state index contributed by atoms with van der Waals surface area (Å²) in [7, 11) is 4.08. The fourth-order valence-corrected chi connectivity index (χ4v) is 2.29. The van der Waals surface area contributed by atoms with Gasteiger partial charge in [-0.15, -0.1) is 0 Å². The van der Waals surface area contributed by atoms with Crippen LogP contribution < -0.4 is 4.90 Å². The molecule has 1 aromatic heterocycles. The van der Waals surface area contributed by atoms with Gasteiger partial charge in [-0.25, -0.2) is 0 Å². The summed E-state index contributed by atoms with van der Waals surface area (Å²) < 4.78 is 1.88. The maximum absolute atomic E-state index is 9.40. The molecule has 0 radical (unpaired) electrons. The highest BCUT2D eigenvalue weighted by molar-refractivity contribution is 5.50. The molecule has 5 heteroatoms. The molecule has 1 aliphatic rings. The Balaban J connectivity index is 2.25. The lowest BCUT2D eigenvalue weighted by molar-refractivity contribution is 0.279. The first-order valence-corrected chi connectivity index (χ1v) is 5.70. The minimum atomic E-state index is 0.0708. The molecule has 1 N–H and O–H groups in total. The number of aromatic nitrogens is 2. The molecule has 0 aromatic carbocycles. The molecule has 1 aliphatic heterocycles. The molecular formula is C11H20N4O. The summed E-state index contributed by atoms with van der Waals surface area (Å²) in [4.78, 5) is 4.63. The second kappa shape index (κ2) is 4.43. The van der Waals surface area contributed by atoms with Crippen molar-refractivity contribution in [3.63, 3.8) is 0 Å². The second-order valence-corrected chi connectivity index (χ2v) is 4.46. The van der Waals surface area contributed by atoms with Gasteiger partial charge in [0.2, 0.25) is 0 Å². The lowest BCUT2D eigenvalue weighted by Crippen LogP contribution is -2.45. The van der Waals surface area contributed by atoms with Gasteiger partial charge in [0.1, 0.15) is 5.82 Å². The fraction of sp³-hybridized carbons (Fsp3) is 0.727. The first kappa shape index (κ1) is 11.4. The standard InChI is InChI=1S/C11H20N4O/c1-9-10(8-16)11(14(3)12-9)15-6-4-13(2)5-7-15/h16H,4-8H2,1-3H3. The summed E-state index contributed by atoms with van der Waals surface area (Å²) in [6, 6.07) is 0. The number of nitrogens with zero attached hydrogens (tertiary/aromatic N) is 4. The van der Waals surface area contributed by atoms with E-state index in [1.54, 1.807) is 0 Å². The fourth-order valence-electron chi connectivity index (χ4n) is 2.29. The van der Waals surface area contributed by atoms with Gasteiger partial charge in [-0.05, 0) is 14.0 Å². The molecule has 0 spiro atoms. The van der Waals surface area contributed by atoms with Crippen LogP contribution in [0.15, 0.2) is 0 Å². The zero-order valence-corrected chi connectivity index (χ0v) is 10.3. The number of piperazine rings is 1. The Bertz CT molecular complexity index is 366. The summed E-state index contributed by atoms with van der Waals surface area (Å²) in [6.07, 6.45) is 0. The van der Waals surface area contributed by atoms with Crippen LogP contribution in [0.2, 0.25) is 0 Å². The van der Waals surface area contributed by atoms with Crippen molar-refractivity contribution in [1.82, 2.24) is 14.7 Å². The van der Waals surface area contributed by atoms with Crippen LogP contribution in [0.25, 0.3) is 0 Å². The summed E-state index contributed by atoms with van der Waals surface area (Å²) in [5.74, 6) is 1.08. The average molecular weight is 224 g/mol. The van der Waals surface area contributed by atoms with Crippen LogP contribution in [0.3, 0.4) is 0 Å². The van der Waals surface area contributed by atoms with Crippen LogP contribution in [-0.4, -0.2) is 53.0 Å². The Morgan fingerprint density at radius 1 is 1.19 bits per heavy atom. The highest BCUT2D eigenvalue weighted by Gasteiger charge is 2.21. The topological polar surface area (TPSA) is 44.5 Å². The van der Waals surface area contributed by atoms with E-state index in [4.69, 9.17) is 0 Å². The van der Waals surface area contributed by atoms with Crippen LogP contribution in [0.5, 0.6) is 0 Å². The molecular weight excluding hydrogens is 204 g/mol. The van der Waals surface area contributed by atoms with E-state index in [-0.39, 0.29) is 6.61 Å². The average Bonchev–Trinajstić information content (AvgIpc) is 2.54. The first-order valence-electron chi connectivity index (χ1n) is 5.70. The monoisotopic (exact) mass is 224 g/mol. The highest BCUT2D eigenvalue weighted by atomic mass is 16.3. The lowest BCUT2D eigenvalue weighted by Gasteiger charge is -2.34. The van der Waals surface area contributed by atoms with Crippen molar-refractivity contribution in [2.24, 2.45) is 7.05 Å². The van der Waals surface area contributed by atoms with Crippen LogP contribution in [-0.2, 0) is 13.7 Å². The van der Waals surface area contributed by atoms with Gasteiger partial charge >= 0.3 is 0 Å². The zero-order chi connectivity index (χ0) is 11.7. The van der Waals surface area contributed by atoms with E-state index in [0.717, 1.165) is 43.3 Å². The Labute approximate surface area is 96.3 Å². The number of aliphatic hydroxyl groups excluding tert-OH is 1. The van der Waals surface area contributed by atoms with Gasteiger partial charge in [-0.1, -0.05) is 0 Å². The molecule has 2 heterocycles. The van der Waals surface area contributed by atoms with Crippen LogP contribution in [0.1, 0.15) is 11.3 Å². The SMILES string of the molecule is Cc1nn(C)c(N2CCN(C)CC2)c1CO. The van der Waals surface area contributed by atoms with Crippen molar-refractivity contribution < 1.29 is 5.11 Å². The number of hydrogen-bond acceptors (Lipinski definition) is 4. The van der Waals surface area contributed by atoms with Crippen molar-refractivity contribution in [3.8, 4) is 0 Å². The molecule has 0 unspecified atom stereocenters. The smallest absolute Gasteiger partial charge is 0.132 e. The lowest BCUT2D eigenvalue weighted by atomic mass is 10.2. The molecule has 1 aromatic rings. The number of aliphatic hydroxyl groups is 1. The van der Waals surface area contributed by atoms with E-state index in [0.29, 0.717) is 0 Å². The normalized spacial score (nSPS) is 18.1. The van der Waals surface area contributed by atoms with E-state index in [1.807, 2.05) is 18.7 Å². The molecule has 1 saturated heterocycles. The van der Waals surface area contributed by atoms with E-state index < -0.39 is 0 Å². The third kappa shape index (κ3) is 1.92. The molecule has 1 fully saturated rings. The largest absolute Gasteiger partial charge is 0.391 e. The van der Waals surface area contributed by atoms with Crippen molar-refractivity contribution in [2.45, 2.75) is 13.5 Å². The molecule has 0 saturated carbocycles. The molecule has 0 aliphatic carbocycles. The molecule has 2 rings (SSSR count). The minimum absolute atomic E-state index is 0.0708. The number of aryl methyl sites for hydroxylation is 2. The zero-order valence-electron chi connectivity index (χ0n) is 10.3. The Morgan fingerprint density at radius 3 is 2.38 bits per heavy atom. The second-order valence-electron chi connectivity index (χ2n) is 4.46. The van der Waals surface area contributed by atoms with E-state index in [9.17, 15) is 5.11 Å². The number of rotatable bonds is 2. The molecule has 90 valence electrons. The predicted molar refractivity (Wildman–Crippen MR) is 63.6 cm³/mol. The van der Waals surface area contributed by atoms with E-state index >= 15 is 0 Å². The summed E-state index contributed by atoms with van der Waals surface area (Å²) in [5, 5.41) is 13.8. The van der Waals surface area contributed by atoms with Crippen molar-refractivity contribution >= 4 is 5.82 Å². The van der Waals surface area contributed by atoms with Crippen LogP contribution in [0, 0.1) is 6.92 Å². The summed E-state index contributed by atoms with van der Waals surface area (Å²) in [6.45, 7) is 6.15. The molecule has 0 atom stereocenters. The summed E-state index contributed by atoms with van der Waals surface area (Å²) >= 11 is 0. The first-order chi connectivity index (χ1) is 7.63. The predicted octanol–water partition coefficient (Wildman–Crippen LogP) is -0.0274. The van der Waals surface area contributed by atoms with E-state index in [2.05, 4.69) is 21.9 Å². The third-order valence-corrected chi connectivity index (χ3v) is 3.27. The van der Waals surface area contributed by atoms with Gasteiger partial charge in [-0.2, -0.15) is 5.10 Å². The molecule has 0 amide bonds. The Hall–Kier alpha value is -1.07. The van der Waals surface area contributed by atoms with Crippen molar-refractivity contribution in [2.75, 3.05) is 38.1 Å². The maximum Gasteiger partial charge on any atom is 0.132 e. The van der Waals surface area contributed by atoms with Gasteiger partial charge in [0.25, 0.3) is 0 Å². The summed E-state index contributed by atoms with van der Waals surface area (Å²) in [5.41, 5.74) is 1.89. The molecule has 5 nitrogen and oxygen atoms in total. The highest BCUT2D eigenvalue weighted by Crippen LogP contribution is 2.23. The van der Waals surface area contributed by atoms with Crippen LogP contribution >= 0.6 is 0 Å². The van der Waals surface area contributed by atoms with Gasteiger partial charge in [-0.3, -0.25) is 4.68 Å². The number of hydrogen-bond donors (Lipinski definition) is 1. The molecule has 0 bridgehead atoms. The minimum Gasteiger partial charge on any atom is -0.391 e. The van der Waals surface area contributed by atoms with Crippen molar-refractivity contribution in [1.29, 1.82) is 0 Å². The number of likely N-dealkylation sites (N-methyl/N-ethyl adjacent to an activating group) is 1. The number of anilines is 1. The molecule has 16 heavy (non-hydrogen) atoms. The van der Waals surface area contributed by atoms with Gasteiger partial charge in [0, 0.05) is 38.8 Å². The third-order valence-electron chi connectivity index (χ3n) is 3.27. The van der Waals surface area contributed by atoms with Crippen molar-refractivity contribution in [3.05, 3.63) is 11.3 Å². The van der Waals surface area contributed by atoms with Gasteiger partial charge in [0.15, 0.2) is 0 Å². The quantitative estimate of drug-likeness (QED) is 0.766. The van der Waals surface area contributed by atoms with Gasteiger partial charge < -0.3 is 14.9 Å². The van der Waals surface area contributed by atoms with Crippen LogP contribution in [0.4, 0.5) is 5.82 Å². The van der Waals surface area contributed by atoms with E-state index in [1.165, 1.54) is 0 Å². The Morgan fingerprint density at radius 2 is 1.81 bits per heavy atom. The Kier molecular flexibility index (Phi) is 3.16.